The number of rotatable bonds is 13. The van der Waals surface area contributed by atoms with Crippen LogP contribution >= 0.6 is 0 Å². The highest BCUT2D eigenvalue weighted by Crippen LogP contribution is 2.30. The Balaban J connectivity index is 0.926. The lowest BCUT2D eigenvalue weighted by atomic mass is 10.1. The first-order chi connectivity index (χ1) is 23.4. The van der Waals surface area contributed by atoms with Crippen molar-refractivity contribution in [2.24, 2.45) is 0 Å². The lowest BCUT2D eigenvalue weighted by Gasteiger charge is -2.11. The number of benzene rings is 4. The minimum atomic E-state index is -0.250. The molecule has 0 bridgehead atoms. The maximum absolute atomic E-state index is 12.8. The summed E-state index contributed by atoms with van der Waals surface area (Å²) in [5.41, 5.74) is 16.7. The molecule has 48 heavy (non-hydrogen) atoms. The zero-order valence-electron chi connectivity index (χ0n) is 25.7. The van der Waals surface area contributed by atoms with Gasteiger partial charge in [0, 0.05) is 35.3 Å². The molecule has 4 aromatic carbocycles. The van der Waals surface area contributed by atoms with Gasteiger partial charge in [-0.05, 0) is 71.8 Å². The fourth-order valence-corrected chi connectivity index (χ4v) is 4.80. The van der Waals surface area contributed by atoms with Crippen molar-refractivity contribution in [3.05, 3.63) is 132 Å². The molecular weight excluding hydrogens is 612 g/mol. The molecule has 2 aromatic heterocycles. The van der Waals surface area contributed by atoms with E-state index in [0.29, 0.717) is 40.6 Å². The highest BCUT2D eigenvalue weighted by molar-refractivity contribution is 5.95. The molecule has 2 heterocycles. The molecule has 6 N–H and O–H groups in total. The zero-order chi connectivity index (χ0) is 33.3. The Morgan fingerprint density at radius 3 is 1.98 bits per heavy atom. The number of oxazole rings is 2. The molecule has 0 radical (unpaired) electrons. The summed E-state index contributed by atoms with van der Waals surface area (Å²) in [6.07, 6.45) is 2.97. The van der Waals surface area contributed by atoms with Crippen molar-refractivity contribution < 1.29 is 27.9 Å². The predicted molar refractivity (Wildman–Crippen MR) is 179 cm³/mol. The summed E-state index contributed by atoms with van der Waals surface area (Å²) in [6.45, 7) is 1.10. The highest BCUT2D eigenvalue weighted by Gasteiger charge is 2.12. The standard InChI is InChI=1S/C36H32N6O6/c37-35-41-30(21-47-35)25-12-14-28(15-13-25)45-20-24-4-3-5-27(18-24)34(44)40-17-16-39-33(43)26-10-8-23(9-11-26)19-46-32-7-2-1-6-29(32)31-22-48-36(38)42-31/h1-15,18,21-22H,16-17,19-20H2,(H2,37,41)(H2,38,42)(H,39,43)(H,40,44). The van der Waals surface area contributed by atoms with E-state index >= 15 is 0 Å². The molecule has 0 atom stereocenters. The van der Waals surface area contributed by atoms with E-state index in [-0.39, 0.29) is 43.5 Å². The van der Waals surface area contributed by atoms with Gasteiger partial charge in [0.15, 0.2) is 0 Å². The third-order valence-corrected chi connectivity index (χ3v) is 7.26. The number of nitrogens with zero attached hydrogens (tertiary/aromatic N) is 2. The number of hydrogen-bond donors (Lipinski definition) is 4. The second-order valence-electron chi connectivity index (χ2n) is 10.6. The minimum Gasteiger partial charge on any atom is -0.489 e. The fraction of sp³-hybridized carbons (Fsp3) is 0.111. The van der Waals surface area contributed by atoms with Gasteiger partial charge in [-0.1, -0.05) is 36.4 Å². The van der Waals surface area contributed by atoms with Crippen LogP contribution in [-0.4, -0.2) is 34.9 Å². The maximum atomic E-state index is 12.8. The highest BCUT2D eigenvalue weighted by atomic mass is 16.5. The van der Waals surface area contributed by atoms with E-state index in [0.717, 1.165) is 22.3 Å². The Kier molecular flexibility index (Phi) is 9.62. The summed E-state index contributed by atoms with van der Waals surface area (Å²) in [7, 11) is 0. The number of amides is 2. The Hall–Kier alpha value is -6.56. The number of anilines is 2. The Bertz CT molecular complexity index is 2000. The van der Waals surface area contributed by atoms with Crippen LogP contribution in [0.3, 0.4) is 0 Å². The van der Waals surface area contributed by atoms with Crippen LogP contribution in [0.15, 0.2) is 118 Å². The lowest BCUT2D eigenvalue weighted by Crippen LogP contribution is -2.34. The minimum absolute atomic E-state index is 0.0830. The maximum Gasteiger partial charge on any atom is 0.292 e. The van der Waals surface area contributed by atoms with Crippen molar-refractivity contribution in [3.63, 3.8) is 0 Å². The number of nitrogens with one attached hydrogen (secondary N) is 2. The van der Waals surface area contributed by atoms with Crippen molar-refractivity contribution in [1.29, 1.82) is 0 Å². The molecule has 2 amide bonds. The van der Waals surface area contributed by atoms with Gasteiger partial charge in [0.2, 0.25) is 0 Å². The first-order valence-electron chi connectivity index (χ1n) is 15.0. The number of nitrogens with two attached hydrogens (primary N) is 2. The number of para-hydroxylation sites is 1. The van der Waals surface area contributed by atoms with Gasteiger partial charge in [-0.25, -0.2) is 0 Å². The SMILES string of the molecule is Nc1nc(-c2ccc(OCc3cccc(C(=O)NCCNC(=O)c4ccc(COc5ccccc5-c5coc(N)n5)cc4)c3)cc2)co1. The third-order valence-electron chi connectivity index (χ3n) is 7.26. The zero-order valence-corrected chi connectivity index (χ0v) is 25.7. The quantitative estimate of drug-likeness (QED) is 0.118. The predicted octanol–water partition coefficient (Wildman–Crippen LogP) is 5.48. The van der Waals surface area contributed by atoms with Crippen LogP contribution in [0.1, 0.15) is 31.8 Å². The van der Waals surface area contributed by atoms with Gasteiger partial charge in [-0.3, -0.25) is 9.59 Å². The molecule has 0 saturated carbocycles. The molecule has 0 saturated heterocycles. The second-order valence-corrected chi connectivity index (χ2v) is 10.6. The molecule has 0 aliphatic carbocycles. The van der Waals surface area contributed by atoms with Crippen molar-refractivity contribution in [2.75, 3.05) is 24.6 Å². The van der Waals surface area contributed by atoms with Crippen LogP contribution in [0.4, 0.5) is 12.0 Å². The van der Waals surface area contributed by atoms with Gasteiger partial charge in [-0.2, -0.15) is 9.97 Å². The van der Waals surface area contributed by atoms with E-state index in [4.69, 9.17) is 29.8 Å². The van der Waals surface area contributed by atoms with Crippen molar-refractivity contribution in [2.45, 2.75) is 13.2 Å². The molecule has 0 unspecified atom stereocenters. The summed E-state index contributed by atoms with van der Waals surface area (Å²) in [5.74, 6) is 0.802. The van der Waals surface area contributed by atoms with Gasteiger partial charge >= 0.3 is 0 Å². The second kappa shape index (κ2) is 14.7. The molecular formula is C36H32N6O6. The molecule has 242 valence electrons. The molecule has 6 rings (SSSR count). The van der Waals surface area contributed by atoms with E-state index in [1.165, 1.54) is 12.5 Å². The van der Waals surface area contributed by atoms with Crippen LogP contribution in [0, 0.1) is 0 Å². The van der Waals surface area contributed by atoms with E-state index in [1.807, 2.05) is 66.7 Å². The van der Waals surface area contributed by atoms with E-state index in [1.54, 1.807) is 30.3 Å². The monoisotopic (exact) mass is 644 g/mol. The van der Waals surface area contributed by atoms with Gasteiger partial charge in [-0.15, -0.1) is 0 Å². The number of nitrogen functional groups attached to an aromatic ring is 2. The van der Waals surface area contributed by atoms with Crippen molar-refractivity contribution >= 4 is 23.8 Å². The van der Waals surface area contributed by atoms with Crippen LogP contribution in [0.25, 0.3) is 22.5 Å². The molecule has 0 spiro atoms. The van der Waals surface area contributed by atoms with Crippen LogP contribution in [0.5, 0.6) is 11.5 Å². The van der Waals surface area contributed by atoms with E-state index in [9.17, 15) is 9.59 Å². The summed E-state index contributed by atoms with van der Waals surface area (Å²) < 4.78 is 22.1. The van der Waals surface area contributed by atoms with E-state index < -0.39 is 0 Å². The number of aromatic nitrogens is 2. The molecule has 0 aliphatic heterocycles. The summed E-state index contributed by atoms with van der Waals surface area (Å²) >= 11 is 0. The smallest absolute Gasteiger partial charge is 0.292 e. The Morgan fingerprint density at radius 1 is 0.646 bits per heavy atom. The largest absolute Gasteiger partial charge is 0.489 e. The van der Waals surface area contributed by atoms with E-state index in [2.05, 4.69) is 20.6 Å². The number of hydrogen-bond acceptors (Lipinski definition) is 10. The van der Waals surface area contributed by atoms with Crippen LogP contribution in [-0.2, 0) is 13.2 Å². The Morgan fingerprint density at radius 2 is 1.29 bits per heavy atom. The summed E-state index contributed by atoms with van der Waals surface area (Å²) in [5, 5.41) is 5.67. The van der Waals surface area contributed by atoms with Gasteiger partial charge in [0.1, 0.15) is 48.6 Å². The molecule has 6 aromatic rings. The van der Waals surface area contributed by atoms with Crippen molar-refractivity contribution in [1.82, 2.24) is 20.6 Å². The molecule has 12 nitrogen and oxygen atoms in total. The summed E-state index contributed by atoms with van der Waals surface area (Å²) in [6, 6.07) is 29.3. The number of ether oxygens (including phenoxy) is 2. The van der Waals surface area contributed by atoms with Crippen LogP contribution < -0.4 is 31.6 Å². The lowest BCUT2D eigenvalue weighted by molar-refractivity contribution is 0.0927. The summed E-state index contributed by atoms with van der Waals surface area (Å²) in [4.78, 5) is 33.7. The van der Waals surface area contributed by atoms with Gasteiger partial charge in [0.05, 0.1) is 0 Å². The molecule has 12 heteroatoms. The van der Waals surface area contributed by atoms with Crippen molar-refractivity contribution in [3.8, 4) is 34.0 Å². The first-order valence-corrected chi connectivity index (χ1v) is 15.0. The number of carbonyl (C=O) groups is 2. The average molecular weight is 645 g/mol. The van der Waals surface area contributed by atoms with Crippen LogP contribution in [0.2, 0.25) is 0 Å². The topological polar surface area (TPSA) is 181 Å². The fourth-order valence-electron chi connectivity index (χ4n) is 4.80. The first kappa shape index (κ1) is 31.4. The van der Waals surface area contributed by atoms with Gasteiger partial charge in [0.25, 0.3) is 23.8 Å². The number of carbonyl (C=O) groups excluding carboxylic acids is 2. The molecule has 0 aliphatic rings. The molecule has 0 fully saturated rings. The van der Waals surface area contributed by atoms with Gasteiger partial charge < -0.3 is 40.4 Å². The normalized spacial score (nSPS) is 10.8. The third kappa shape index (κ3) is 7.98. The Labute approximate surface area is 275 Å². The average Bonchev–Trinajstić information content (AvgIpc) is 3.76.